The number of nitrogens with one attached hydrogen (secondary N) is 1. The highest BCUT2D eigenvalue weighted by atomic mass is 16.5. The van der Waals surface area contributed by atoms with Gasteiger partial charge in [-0.2, -0.15) is 0 Å². The van der Waals surface area contributed by atoms with E-state index in [2.05, 4.69) is 38.7 Å². The van der Waals surface area contributed by atoms with Crippen molar-refractivity contribution in [3.8, 4) is 0 Å². The Balaban J connectivity index is 2.74. The van der Waals surface area contributed by atoms with E-state index in [0.29, 0.717) is 11.7 Å². The zero-order valence-electron chi connectivity index (χ0n) is 15.4. The summed E-state index contributed by atoms with van der Waals surface area (Å²) in [5.41, 5.74) is 1.77. The summed E-state index contributed by atoms with van der Waals surface area (Å²) in [5.74, 6) is 2.08. The third-order valence-corrected chi connectivity index (χ3v) is 4.63. The molecule has 0 aliphatic heterocycles. The van der Waals surface area contributed by atoms with Gasteiger partial charge in [0.25, 0.3) is 0 Å². The number of carbonyl (C=O) groups excluding carboxylic acids is 1. The maximum atomic E-state index is 12.6. The average Bonchev–Trinajstić information content (AvgIpc) is 2.53. The van der Waals surface area contributed by atoms with Crippen molar-refractivity contribution in [2.45, 2.75) is 59.8 Å². The van der Waals surface area contributed by atoms with Crippen LogP contribution in [0.4, 0.5) is 0 Å². The molecule has 0 bridgehead atoms. The van der Waals surface area contributed by atoms with E-state index in [0.717, 1.165) is 30.0 Å². The van der Waals surface area contributed by atoms with Gasteiger partial charge in [-0.15, -0.1) is 0 Å². The number of hydrogen-bond donors (Lipinski definition) is 1. The second-order valence-electron chi connectivity index (χ2n) is 6.94. The predicted octanol–water partition coefficient (Wildman–Crippen LogP) is 4.97. The molecule has 130 valence electrons. The van der Waals surface area contributed by atoms with Crippen molar-refractivity contribution in [3.63, 3.8) is 0 Å². The summed E-state index contributed by atoms with van der Waals surface area (Å²) in [4.78, 5) is 12.6. The Morgan fingerprint density at radius 3 is 2.39 bits per heavy atom. The zero-order chi connectivity index (χ0) is 17.4. The molecule has 1 rings (SSSR count). The molecule has 1 saturated carbocycles. The van der Waals surface area contributed by atoms with Crippen LogP contribution >= 0.6 is 0 Å². The van der Waals surface area contributed by atoms with Crippen molar-refractivity contribution in [1.82, 2.24) is 5.32 Å². The lowest BCUT2D eigenvalue weighted by molar-refractivity contribution is -0.125. The van der Waals surface area contributed by atoms with Gasteiger partial charge in [0.05, 0.1) is 7.11 Å². The summed E-state index contributed by atoms with van der Waals surface area (Å²) < 4.78 is 5.16. The number of rotatable bonds is 7. The number of amides is 1. The lowest BCUT2D eigenvalue weighted by atomic mass is 9.80. The van der Waals surface area contributed by atoms with Crippen LogP contribution in [0.1, 0.15) is 59.8 Å². The van der Waals surface area contributed by atoms with E-state index in [4.69, 9.17) is 4.74 Å². The molecule has 0 aromatic heterocycles. The van der Waals surface area contributed by atoms with Gasteiger partial charge >= 0.3 is 0 Å². The van der Waals surface area contributed by atoms with Crippen LogP contribution in [0.2, 0.25) is 0 Å². The van der Waals surface area contributed by atoms with Gasteiger partial charge in [0.2, 0.25) is 5.91 Å². The first-order chi connectivity index (χ1) is 10.9. The van der Waals surface area contributed by atoms with Gasteiger partial charge in [0.15, 0.2) is 0 Å². The van der Waals surface area contributed by atoms with Crippen molar-refractivity contribution < 1.29 is 9.53 Å². The fraction of sp³-hybridized carbons (Fsp3) is 0.650. The first kappa shape index (κ1) is 19.5. The van der Waals surface area contributed by atoms with E-state index in [-0.39, 0.29) is 11.8 Å². The van der Waals surface area contributed by atoms with Crippen molar-refractivity contribution >= 4 is 5.91 Å². The molecular formula is C20H33NO2. The van der Waals surface area contributed by atoms with Crippen LogP contribution in [0.25, 0.3) is 0 Å². The van der Waals surface area contributed by atoms with Crippen molar-refractivity contribution in [2.75, 3.05) is 7.11 Å². The van der Waals surface area contributed by atoms with Crippen LogP contribution in [-0.2, 0) is 9.53 Å². The number of carbonyl (C=O) groups is 1. The van der Waals surface area contributed by atoms with Crippen LogP contribution in [0, 0.1) is 17.8 Å². The van der Waals surface area contributed by atoms with Gasteiger partial charge in [0.1, 0.15) is 5.76 Å². The number of hydrogen-bond acceptors (Lipinski definition) is 2. The molecule has 0 aromatic rings. The Bertz CT molecular complexity index is 466. The average molecular weight is 319 g/mol. The fourth-order valence-electron chi connectivity index (χ4n) is 3.04. The smallest absolute Gasteiger partial charge is 0.227 e. The molecule has 0 aromatic carbocycles. The molecule has 1 N–H and O–H groups in total. The van der Waals surface area contributed by atoms with Gasteiger partial charge in [-0.3, -0.25) is 4.79 Å². The molecule has 1 aliphatic carbocycles. The van der Waals surface area contributed by atoms with Gasteiger partial charge in [-0.1, -0.05) is 39.8 Å². The van der Waals surface area contributed by atoms with E-state index in [9.17, 15) is 4.79 Å². The first-order valence-electron chi connectivity index (χ1n) is 8.81. The van der Waals surface area contributed by atoms with Crippen LogP contribution in [-0.4, -0.2) is 13.0 Å². The van der Waals surface area contributed by atoms with E-state index in [1.807, 2.05) is 13.0 Å². The SMILES string of the molecule is C=C(OC)/C(C)=C\C(=C/C(C)C)NC(=O)C1CCC(CC)CC1. The molecule has 23 heavy (non-hydrogen) atoms. The van der Waals surface area contributed by atoms with E-state index in [1.165, 1.54) is 19.3 Å². The quantitative estimate of drug-likeness (QED) is 0.532. The molecule has 0 spiro atoms. The minimum Gasteiger partial charge on any atom is -0.497 e. The maximum Gasteiger partial charge on any atom is 0.227 e. The third kappa shape index (κ3) is 6.64. The summed E-state index contributed by atoms with van der Waals surface area (Å²) in [6, 6.07) is 0. The molecule has 1 amide bonds. The summed E-state index contributed by atoms with van der Waals surface area (Å²) >= 11 is 0. The highest BCUT2D eigenvalue weighted by Gasteiger charge is 2.25. The normalized spacial score (nSPS) is 22.9. The lowest BCUT2D eigenvalue weighted by Crippen LogP contribution is -2.32. The maximum absolute atomic E-state index is 12.6. The molecule has 0 unspecified atom stereocenters. The summed E-state index contributed by atoms with van der Waals surface area (Å²) in [6.45, 7) is 12.3. The highest BCUT2D eigenvalue weighted by Crippen LogP contribution is 2.30. The van der Waals surface area contributed by atoms with Crippen molar-refractivity contribution in [3.05, 3.63) is 35.8 Å². The van der Waals surface area contributed by atoms with Crippen LogP contribution in [0.15, 0.2) is 35.8 Å². The van der Waals surface area contributed by atoms with E-state index >= 15 is 0 Å². The highest BCUT2D eigenvalue weighted by molar-refractivity contribution is 5.81. The van der Waals surface area contributed by atoms with Crippen LogP contribution in [0.3, 0.4) is 0 Å². The molecule has 1 aliphatic rings. The second kappa shape index (κ2) is 9.59. The predicted molar refractivity (Wildman–Crippen MR) is 96.7 cm³/mol. The Morgan fingerprint density at radius 1 is 1.30 bits per heavy atom. The van der Waals surface area contributed by atoms with Gasteiger partial charge < -0.3 is 10.1 Å². The molecule has 0 radical (unpaired) electrons. The fourth-order valence-corrected chi connectivity index (χ4v) is 3.04. The third-order valence-electron chi connectivity index (χ3n) is 4.63. The molecule has 3 heteroatoms. The van der Waals surface area contributed by atoms with Gasteiger partial charge in [-0.25, -0.2) is 0 Å². The Labute approximate surface area is 141 Å². The van der Waals surface area contributed by atoms with Crippen molar-refractivity contribution in [1.29, 1.82) is 0 Å². The second-order valence-corrected chi connectivity index (χ2v) is 6.94. The number of methoxy groups -OCH3 is 1. The minimum atomic E-state index is 0.146. The van der Waals surface area contributed by atoms with Crippen LogP contribution < -0.4 is 5.32 Å². The van der Waals surface area contributed by atoms with Crippen molar-refractivity contribution in [2.24, 2.45) is 17.8 Å². The van der Waals surface area contributed by atoms with E-state index < -0.39 is 0 Å². The van der Waals surface area contributed by atoms with Gasteiger partial charge in [-0.05, 0) is 56.1 Å². The first-order valence-corrected chi connectivity index (χ1v) is 8.81. The molecule has 0 atom stereocenters. The number of allylic oxidation sites excluding steroid dienone is 3. The molecule has 1 fully saturated rings. The molecule has 3 nitrogen and oxygen atoms in total. The largest absolute Gasteiger partial charge is 0.497 e. The number of ether oxygens (including phenoxy) is 1. The lowest BCUT2D eigenvalue weighted by Gasteiger charge is -2.27. The minimum absolute atomic E-state index is 0.146. The summed E-state index contributed by atoms with van der Waals surface area (Å²) in [7, 11) is 1.61. The Kier molecular flexibility index (Phi) is 8.15. The molecule has 0 saturated heterocycles. The zero-order valence-corrected chi connectivity index (χ0v) is 15.4. The summed E-state index contributed by atoms with van der Waals surface area (Å²) in [6.07, 6.45) is 9.61. The Hall–Kier alpha value is -1.51. The molecular weight excluding hydrogens is 286 g/mol. The Morgan fingerprint density at radius 2 is 1.91 bits per heavy atom. The van der Waals surface area contributed by atoms with Crippen LogP contribution in [0.5, 0.6) is 0 Å². The monoisotopic (exact) mass is 319 g/mol. The van der Waals surface area contributed by atoms with Gasteiger partial charge in [0, 0.05) is 11.6 Å². The standard InChI is InChI=1S/C20H33NO2/c1-7-17-8-10-18(11-9-17)20(22)21-19(12-14(2)3)13-15(4)16(5)23-6/h12-14,17-18H,5,7-11H2,1-4,6H3,(H,21,22)/b15-13-,19-12+. The molecule has 0 heterocycles. The summed E-state index contributed by atoms with van der Waals surface area (Å²) in [5, 5.41) is 3.11. The van der Waals surface area contributed by atoms with E-state index in [1.54, 1.807) is 7.11 Å². The topological polar surface area (TPSA) is 38.3 Å².